The molecule has 0 amide bonds. The van der Waals surface area contributed by atoms with Gasteiger partial charge >= 0.3 is 0 Å². The van der Waals surface area contributed by atoms with Crippen molar-refractivity contribution in [1.29, 1.82) is 5.26 Å². The summed E-state index contributed by atoms with van der Waals surface area (Å²) in [5.41, 5.74) is 0.325. The van der Waals surface area contributed by atoms with Gasteiger partial charge in [0.25, 0.3) is 0 Å². The van der Waals surface area contributed by atoms with Crippen LogP contribution < -0.4 is 4.74 Å². The highest BCUT2D eigenvalue weighted by Gasteiger charge is 2.16. The number of aromatic nitrogens is 2. The van der Waals surface area contributed by atoms with Crippen LogP contribution in [-0.2, 0) is 6.73 Å². The number of halogens is 1. The number of rotatable bonds is 2. The zero-order chi connectivity index (χ0) is 11.7. The first-order valence-corrected chi connectivity index (χ1v) is 4.46. The number of aliphatic hydroxyl groups excluding tert-OH is 1. The van der Waals surface area contributed by atoms with E-state index in [1.807, 2.05) is 0 Å². The van der Waals surface area contributed by atoms with E-state index in [2.05, 4.69) is 5.10 Å². The van der Waals surface area contributed by atoms with Gasteiger partial charge in [-0.15, -0.1) is 0 Å². The number of nitrogens with zero attached hydrogens (tertiary/aromatic N) is 3. The summed E-state index contributed by atoms with van der Waals surface area (Å²) >= 11 is 0. The molecule has 2 aromatic rings. The summed E-state index contributed by atoms with van der Waals surface area (Å²) in [7, 11) is 1.31. The molecule has 5 nitrogen and oxygen atoms in total. The van der Waals surface area contributed by atoms with Gasteiger partial charge in [-0.2, -0.15) is 10.4 Å². The molecule has 0 radical (unpaired) electrons. The van der Waals surface area contributed by atoms with E-state index in [1.165, 1.54) is 24.1 Å². The minimum Gasteiger partial charge on any atom is -0.494 e. The number of hydrogen-bond donors (Lipinski definition) is 1. The Kier molecular flexibility index (Phi) is 2.46. The fraction of sp³-hybridized carbons (Fsp3) is 0.200. The Labute approximate surface area is 90.3 Å². The Morgan fingerprint density at radius 1 is 1.69 bits per heavy atom. The van der Waals surface area contributed by atoms with Gasteiger partial charge in [0.1, 0.15) is 18.4 Å². The second kappa shape index (κ2) is 3.79. The third-order valence-corrected chi connectivity index (χ3v) is 2.32. The average Bonchev–Trinajstić information content (AvgIpc) is 2.70. The minimum atomic E-state index is -0.713. The van der Waals surface area contributed by atoms with E-state index in [-0.39, 0.29) is 18.0 Å². The zero-order valence-corrected chi connectivity index (χ0v) is 8.44. The maximum Gasteiger partial charge on any atom is 0.183 e. The normalized spacial score (nSPS) is 10.4. The molecule has 0 aliphatic rings. The molecule has 0 bridgehead atoms. The quantitative estimate of drug-likeness (QED) is 0.821. The molecule has 0 spiro atoms. The molecule has 1 N–H and O–H groups in total. The lowest BCUT2D eigenvalue weighted by atomic mass is 10.1. The van der Waals surface area contributed by atoms with Gasteiger partial charge in [0, 0.05) is 11.5 Å². The molecular weight excluding hydrogens is 213 g/mol. The highest BCUT2D eigenvalue weighted by atomic mass is 19.1. The molecule has 0 aliphatic heterocycles. The van der Waals surface area contributed by atoms with Gasteiger partial charge in [-0.1, -0.05) is 0 Å². The summed E-state index contributed by atoms with van der Waals surface area (Å²) in [5.74, 6) is -0.755. The molecule has 0 fully saturated rings. The summed E-state index contributed by atoms with van der Waals surface area (Å²) in [6.07, 6.45) is 1.34. The number of fused-ring (bicyclic) bond motifs is 1. The maximum atomic E-state index is 13.7. The van der Waals surface area contributed by atoms with Crippen molar-refractivity contribution in [1.82, 2.24) is 9.78 Å². The van der Waals surface area contributed by atoms with Gasteiger partial charge in [0.2, 0.25) is 0 Å². The third-order valence-electron chi connectivity index (χ3n) is 2.32. The molecule has 0 atom stereocenters. The maximum absolute atomic E-state index is 13.7. The van der Waals surface area contributed by atoms with Crippen molar-refractivity contribution in [2.45, 2.75) is 6.73 Å². The highest BCUT2D eigenvalue weighted by molar-refractivity contribution is 5.86. The van der Waals surface area contributed by atoms with Crippen LogP contribution in [-0.4, -0.2) is 22.0 Å². The highest BCUT2D eigenvalue weighted by Crippen LogP contribution is 2.28. The van der Waals surface area contributed by atoms with Gasteiger partial charge < -0.3 is 9.84 Å². The topological polar surface area (TPSA) is 71.1 Å². The Morgan fingerprint density at radius 2 is 2.44 bits per heavy atom. The number of ether oxygens (including phenoxy) is 1. The monoisotopic (exact) mass is 221 g/mol. The second-order valence-corrected chi connectivity index (χ2v) is 3.10. The summed E-state index contributed by atoms with van der Waals surface area (Å²) < 4.78 is 19.7. The van der Waals surface area contributed by atoms with Crippen LogP contribution >= 0.6 is 0 Å². The van der Waals surface area contributed by atoms with E-state index in [9.17, 15) is 4.39 Å². The largest absolute Gasteiger partial charge is 0.494 e. The summed E-state index contributed by atoms with van der Waals surface area (Å²) in [6, 6.07) is 3.16. The lowest BCUT2D eigenvalue weighted by molar-refractivity contribution is 0.200. The zero-order valence-electron chi connectivity index (χ0n) is 8.44. The SMILES string of the molecule is COc1cc2c(cnn2CO)c(C#N)c1F. The number of aliphatic hydroxyl groups is 1. The van der Waals surface area contributed by atoms with Crippen molar-refractivity contribution in [3.8, 4) is 11.8 Å². The second-order valence-electron chi connectivity index (χ2n) is 3.10. The molecule has 0 unspecified atom stereocenters. The fourth-order valence-corrected chi connectivity index (χ4v) is 1.54. The van der Waals surface area contributed by atoms with E-state index in [4.69, 9.17) is 15.1 Å². The summed E-state index contributed by atoms with van der Waals surface area (Å²) in [4.78, 5) is 0. The first kappa shape index (κ1) is 10.4. The van der Waals surface area contributed by atoms with Crippen LogP contribution in [0.15, 0.2) is 12.3 Å². The van der Waals surface area contributed by atoms with E-state index in [1.54, 1.807) is 6.07 Å². The molecule has 1 heterocycles. The molecular formula is C10H8FN3O2. The molecule has 0 aliphatic carbocycles. The standard InChI is InChI=1S/C10H8FN3O2/c1-16-9-2-8-7(4-13-14(8)5-15)6(3-12)10(9)11/h2,4,15H,5H2,1H3. The molecule has 82 valence electrons. The molecule has 0 saturated heterocycles. The van der Waals surface area contributed by atoms with Crippen molar-refractivity contribution in [2.75, 3.05) is 7.11 Å². The van der Waals surface area contributed by atoms with E-state index >= 15 is 0 Å². The summed E-state index contributed by atoms with van der Waals surface area (Å²) in [5, 5.41) is 22.1. The van der Waals surface area contributed by atoms with E-state index in [0.717, 1.165) is 0 Å². The molecule has 2 rings (SSSR count). The van der Waals surface area contributed by atoms with Crippen molar-refractivity contribution in [3.05, 3.63) is 23.6 Å². The van der Waals surface area contributed by atoms with Crippen LogP contribution in [0.5, 0.6) is 5.75 Å². The fourth-order valence-electron chi connectivity index (χ4n) is 1.54. The van der Waals surface area contributed by atoms with Gasteiger partial charge in [0.05, 0.1) is 18.8 Å². The Balaban J connectivity index is 2.87. The number of nitriles is 1. The van der Waals surface area contributed by atoms with Crippen LogP contribution in [0.25, 0.3) is 10.9 Å². The summed E-state index contributed by atoms with van der Waals surface area (Å²) in [6.45, 7) is -0.344. The molecule has 16 heavy (non-hydrogen) atoms. The Morgan fingerprint density at radius 3 is 3.00 bits per heavy atom. The minimum absolute atomic E-state index is 0.0424. The number of methoxy groups -OCH3 is 1. The van der Waals surface area contributed by atoms with Crippen LogP contribution in [0.1, 0.15) is 5.56 Å². The van der Waals surface area contributed by atoms with Crippen LogP contribution in [0, 0.1) is 17.1 Å². The van der Waals surface area contributed by atoms with Crippen LogP contribution in [0.3, 0.4) is 0 Å². The van der Waals surface area contributed by atoms with Crippen LogP contribution in [0.2, 0.25) is 0 Å². The van der Waals surface area contributed by atoms with Gasteiger partial charge in [-0.25, -0.2) is 9.07 Å². The van der Waals surface area contributed by atoms with E-state index in [0.29, 0.717) is 10.9 Å². The lowest BCUT2D eigenvalue weighted by Crippen LogP contribution is -1.99. The lowest BCUT2D eigenvalue weighted by Gasteiger charge is -2.05. The smallest absolute Gasteiger partial charge is 0.183 e. The van der Waals surface area contributed by atoms with Gasteiger partial charge in [-0.3, -0.25) is 0 Å². The van der Waals surface area contributed by atoms with Crippen molar-refractivity contribution >= 4 is 10.9 Å². The Hall–Kier alpha value is -2.13. The van der Waals surface area contributed by atoms with Crippen molar-refractivity contribution in [3.63, 3.8) is 0 Å². The van der Waals surface area contributed by atoms with Crippen molar-refractivity contribution < 1.29 is 14.2 Å². The van der Waals surface area contributed by atoms with Crippen LogP contribution in [0.4, 0.5) is 4.39 Å². The molecule has 1 aromatic carbocycles. The third kappa shape index (κ3) is 1.30. The first-order valence-electron chi connectivity index (χ1n) is 4.46. The average molecular weight is 221 g/mol. The van der Waals surface area contributed by atoms with Crippen molar-refractivity contribution in [2.24, 2.45) is 0 Å². The molecule has 0 saturated carbocycles. The van der Waals surface area contributed by atoms with E-state index < -0.39 is 5.82 Å². The first-order chi connectivity index (χ1) is 7.72. The van der Waals surface area contributed by atoms with Gasteiger partial charge in [-0.05, 0) is 0 Å². The number of hydrogen-bond acceptors (Lipinski definition) is 4. The Bertz CT molecular complexity index is 586. The number of benzene rings is 1. The predicted octanol–water partition coefficient (Wildman–Crippen LogP) is 1.01. The molecule has 6 heteroatoms. The molecule has 1 aromatic heterocycles. The van der Waals surface area contributed by atoms with Gasteiger partial charge in [0.15, 0.2) is 11.6 Å². The predicted molar refractivity (Wildman–Crippen MR) is 53.2 cm³/mol.